The zero-order chi connectivity index (χ0) is 13.0. The van der Waals surface area contributed by atoms with Gasteiger partial charge in [-0.25, -0.2) is 0 Å². The lowest BCUT2D eigenvalue weighted by Crippen LogP contribution is -2.22. The monoisotopic (exact) mass is 246 g/mol. The van der Waals surface area contributed by atoms with Gasteiger partial charge < -0.3 is 5.11 Å². The number of aliphatic carboxylic acids is 1. The number of rotatable bonds is 3. The quantitative estimate of drug-likeness (QED) is 0.814. The third kappa shape index (κ3) is 2.92. The highest BCUT2D eigenvalue weighted by Crippen LogP contribution is 2.36. The molecule has 0 aromatic heterocycles. The zero-order valence-corrected chi connectivity index (χ0v) is 11.1. The molecular formula is C16H22O2. The predicted octanol–water partition coefficient (Wildman–Crippen LogP) is 4.13. The highest BCUT2D eigenvalue weighted by molar-refractivity contribution is 5.77. The molecule has 1 aromatic rings. The van der Waals surface area contributed by atoms with Gasteiger partial charge in [0.15, 0.2) is 0 Å². The Kier molecular flexibility index (Phi) is 4.40. The molecule has 0 saturated heterocycles. The van der Waals surface area contributed by atoms with E-state index in [9.17, 15) is 9.90 Å². The second-order valence-electron chi connectivity index (χ2n) is 5.42. The van der Waals surface area contributed by atoms with E-state index in [-0.39, 0.29) is 5.92 Å². The van der Waals surface area contributed by atoms with E-state index in [2.05, 4.69) is 0 Å². The normalized spacial score (nSPS) is 19.2. The summed E-state index contributed by atoms with van der Waals surface area (Å²) in [5, 5.41) is 9.60. The molecule has 1 fully saturated rings. The number of hydrogen-bond donors (Lipinski definition) is 1. The van der Waals surface area contributed by atoms with Crippen molar-refractivity contribution in [3.63, 3.8) is 0 Å². The molecule has 0 heterocycles. The average molecular weight is 246 g/mol. The van der Waals surface area contributed by atoms with Gasteiger partial charge in [0.05, 0.1) is 5.92 Å². The van der Waals surface area contributed by atoms with Crippen LogP contribution >= 0.6 is 0 Å². The average Bonchev–Trinajstić information content (AvgIpc) is 2.60. The molecular weight excluding hydrogens is 224 g/mol. The van der Waals surface area contributed by atoms with Crippen LogP contribution in [0, 0.1) is 12.8 Å². The minimum absolute atomic E-state index is 0.311. The van der Waals surface area contributed by atoms with Crippen molar-refractivity contribution < 1.29 is 9.90 Å². The fourth-order valence-electron chi connectivity index (χ4n) is 3.17. The smallest absolute Gasteiger partial charge is 0.311 e. The van der Waals surface area contributed by atoms with E-state index in [0.29, 0.717) is 5.92 Å². The van der Waals surface area contributed by atoms with Gasteiger partial charge in [-0.2, -0.15) is 0 Å². The van der Waals surface area contributed by atoms with Gasteiger partial charge in [-0.1, -0.05) is 49.9 Å². The van der Waals surface area contributed by atoms with E-state index in [0.717, 1.165) is 24.0 Å². The van der Waals surface area contributed by atoms with Crippen molar-refractivity contribution in [2.24, 2.45) is 5.92 Å². The largest absolute Gasteiger partial charge is 0.481 e. The first-order chi connectivity index (χ1) is 8.70. The summed E-state index contributed by atoms with van der Waals surface area (Å²) < 4.78 is 0. The van der Waals surface area contributed by atoms with Gasteiger partial charge in [-0.15, -0.1) is 0 Å². The lowest BCUT2D eigenvalue weighted by atomic mass is 9.80. The van der Waals surface area contributed by atoms with E-state index in [1.165, 1.54) is 25.7 Å². The molecule has 0 aliphatic heterocycles. The first kappa shape index (κ1) is 13.1. The van der Waals surface area contributed by atoms with Crippen molar-refractivity contribution in [2.45, 2.75) is 51.4 Å². The molecule has 2 nitrogen and oxygen atoms in total. The third-order valence-electron chi connectivity index (χ3n) is 4.16. The fraction of sp³-hybridized carbons (Fsp3) is 0.562. The van der Waals surface area contributed by atoms with Crippen LogP contribution in [0.5, 0.6) is 0 Å². The van der Waals surface area contributed by atoms with Gasteiger partial charge in [0, 0.05) is 0 Å². The van der Waals surface area contributed by atoms with Crippen LogP contribution in [0.2, 0.25) is 0 Å². The van der Waals surface area contributed by atoms with E-state index in [4.69, 9.17) is 0 Å². The molecule has 0 bridgehead atoms. The van der Waals surface area contributed by atoms with Crippen molar-refractivity contribution in [1.29, 1.82) is 0 Å². The number of carbonyl (C=O) groups is 1. The fourth-order valence-corrected chi connectivity index (χ4v) is 3.17. The third-order valence-corrected chi connectivity index (χ3v) is 4.16. The highest BCUT2D eigenvalue weighted by atomic mass is 16.4. The second kappa shape index (κ2) is 6.03. The van der Waals surface area contributed by atoms with Crippen LogP contribution in [0.3, 0.4) is 0 Å². The second-order valence-corrected chi connectivity index (χ2v) is 5.42. The molecule has 1 aromatic carbocycles. The van der Waals surface area contributed by atoms with Crippen LogP contribution in [0.15, 0.2) is 24.3 Å². The van der Waals surface area contributed by atoms with Gasteiger partial charge in [0.2, 0.25) is 0 Å². The molecule has 1 aliphatic rings. The van der Waals surface area contributed by atoms with Gasteiger partial charge in [-0.05, 0) is 36.8 Å². The van der Waals surface area contributed by atoms with Crippen LogP contribution < -0.4 is 0 Å². The minimum atomic E-state index is -0.656. The SMILES string of the molecule is Cc1ccccc1C(C(=O)O)C1CCCCCC1. The molecule has 0 amide bonds. The van der Waals surface area contributed by atoms with E-state index >= 15 is 0 Å². The van der Waals surface area contributed by atoms with Gasteiger partial charge in [-0.3, -0.25) is 4.79 Å². The maximum absolute atomic E-state index is 11.7. The van der Waals surface area contributed by atoms with Crippen LogP contribution in [0.25, 0.3) is 0 Å². The first-order valence-corrected chi connectivity index (χ1v) is 6.98. The standard InChI is InChI=1S/C16H22O2/c1-12-8-6-7-11-14(12)15(16(17)18)13-9-4-2-3-5-10-13/h6-8,11,13,15H,2-5,9-10H2,1H3,(H,17,18). The molecule has 1 atom stereocenters. The summed E-state index contributed by atoms with van der Waals surface area (Å²) in [6.45, 7) is 2.02. The minimum Gasteiger partial charge on any atom is -0.481 e. The highest BCUT2D eigenvalue weighted by Gasteiger charge is 2.30. The van der Waals surface area contributed by atoms with E-state index < -0.39 is 5.97 Å². The molecule has 1 N–H and O–H groups in total. The van der Waals surface area contributed by atoms with Crippen LogP contribution in [0.1, 0.15) is 55.6 Å². The van der Waals surface area contributed by atoms with Crippen LogP contribution in [-0.2, 0) is 4.79 Å². The molecule has 98 valence electrons. The Morgan fingerprint density at radius 1 is 1.17 bits per heavy atom. The van der Waals surface area contributed by atoms with Gasteiger partial charge in [0.25, 0.3) is 0 Å². The van der Waals surface area contributed by atoms with Crippen molar-refractivity contribution in [3.05, 3.63) is 35.4 Å². The zero-order valence-electron chi connectivity index (χ0n) is 11.1. The van der Waals surface area contributed by atoms with Crippen molar-refractivity contribution in [2.75, 3.05) is 0 Å². The predicted molar refractivity (Wildman–Crippen MR) is 72.7 cm³/mol. The lowest BCUT2D eigenvalue weighted by Gasteiger charge is -2.24. The molecule has 1 unspecified atom stereocenters. The van der Waals surface area contributed by atoms with Gasteiger partial charge >= 0.3 is 5.97 Å². The number of carboxylic acids is 1. The molecule has 2 rings (SSSR count). The Hall–Kier alpha value is -1.31. The summed E-state index contributed by atoms with van der Waals surface area (Å²) in [6.07, 6.45) is 7.00. The lowest BCUT2D eigenvalue weighted by molar-refractivity contribution is -0.140. The summed E-state index contributed by atoms with van der Waals surface area (Å²) in [5.74, 6) is -0.661. The molecule has 1 aliphatic carbocycles. The first-order valence-electron chi connectivity index (χ1n) is 6.98. The summed E-state index contributed by atoms with van der Waals surface area (Å²) in [4.78, 5) is 11.7. The van der Waals surface area contributed by atoms with Crippen LogP contribution in [-0.4, -0.2) is 11.1 Å². The Labute approximate surface area is 109 Å². The summed E-state index contributed by atoms with van der Waals surface area (Å²) in [6, 6.07) is 7.93. The van der Waals surface area contributed by atoms with Crippen molar-refractivity contribution in [1.82, 2.24) is 0 Å². The Balaban J connectivity index is 2.27. The maximum atomic E-state index is 11.7. The van der Waals surface area contributed by atoms with E-state index in [1.54, 1.807) is 0 Å². The topological polar surface area (TPSA) is 37.3 Å². The van der Waals surface area contributed by atoms with Gasteiger partial charge in [0.1, 0.15) is 0 Å². The number of benzene rings is 1. The summed E-state index contributed by atoms with van der Waals surface area (Å²) in [7, 11) is 0. The molecule has 0 spiro atoms. The molecule has 18 heavy (non-hydrogen) atoms. The van der Waals surface area contributed by atoms with Crippen molar-refractivity contribution in [3.8, 4) is 0 Å². The number of carboxylic acid groups (broad SMARTS) is 1. The summed E-state index contributed by atoms with van der Waals surface area (Å²) in [5.41, 5.74) is 2.12. The number of aryl methyl sites for hydroxylation is 1. The maximum Gasteiger partial charge on any atom is 0.311 e. The Bertz CT molecular complexity index is 403. The molecule has 0 radical (unpaired) electrons. The molecule has 1 saturated carbocycles. The molecule has 2 heteroatoms. The Morgan fingerprint density at radius 3 is 2.33 bits per heavy atom. The van der Waals surface area contributed by atoms with Crippen molar-refractivity contribution >= 4 is 5.97 Å². The number of hydrogen-bond acceptors (Lipinski definition) is 1. The van der Waals surface area contributed by atoms with E-state index in [1.807, 2.05) is 31.2 Å². The summed E-state index contributed by atoms with van der Waals surface area (Å²) >= 11 is 0. The van der Waals surface area contributed by atoms with Crippen LogP contribution in [0.4, 0.5) is 0 Å². The Morgan fingerprint density at radius 2 is 1.78 bits per heavy atom.